The van der Waals surface area contributed by atoms with Gasteiger partial charge >= 0.3 is 5.97 Å². The largest absolute Gasteiger partial charge is 0.465 e. The molecule has 1 spiro atoms. The predicted molar refractivity (Wildman–Crippen MR) is 75.5 cm³/mol. The van der Waals surface area contributed by atoms with Gasteiger partial charge in [0.2, 0.25) is 5.92 Å². The number of hydrogen-bond donors (Lipinski definition) is 1. The highest BCUT2D eigenvalue weighted by Crippen LogP contribution is 2.58. The number of alkyl halides is 2. The zero-order valence-electron chi connectivity index (χ0n) is 12.6. The lowest BCUT2D eigenvalue weighted by Crippen LogP contribution is -2.52. The van der Waals surface area contributed by atoms with Crippen LogP contribution in [0.15, 0.2) is 12.4 Å². The Labute approximate surface area is 128 Å². The van der Waals surface area contributed by atoms with E-state index in [9.17, 15) is 13.6 Å². The molecule has 2 aliphatic rings. The molecule has 1 saturated carbocycles. The van der Waals surface area contributed by atoms with Crippen LogP contribution in [0.2, 0.25) is 0 Å². The number of ether oxygens (including phenoxy) is 1. The lowest BCUT2D eigenvalue weighted by Gasteiger charge is -2.51. The summed E-state index contributed by atoms with van der Waals surface area (Å²) in [5.74, 6) is -2.82. The van der Waals surface area contributed by atoms with Crippen LogP contribution >= 0.6 is 0 Å². The first-order valence-electron chi connectivity index (χ1n) is 7.71. The summed E-state index contributed by atoms with van der Waals surface area (Å²) in [7, 11) is 0. The minimum Gasteiger partial charge on any atom is -0.465 e. The fraction of sp³-hybridized carbons (Fsp3) is 0.733. The van der Waals surface area contributed by atoms with Gasteiger partial charge in [-0.2, -0.15) is 5.10 Å². The number of piperidine rings is 1. The Bertz CT molecular complexity index is 551. The van der Waals surface area contributed by atoms with Gasteiger partial charge in [-0.1, -0.05) is 0 Å². The Hall–Kier alpha value is -1.50. The first-order valence-corrected chi connectivity index (χ1v) is 7.71. The average Bonchev–Trinajstić information content (AvgIpc) is 2.85. The number of rotatable bonds is 4. The van der Waals surface area contributed by atoms with Crippen molar-refractivity contribution in [2.45, 2.75) is 51.1 Å². The van der Waals surface area contributed by atoms with Crippen LogP contribution in [0.4, 0.5) is 8.78 Å². The fourth-order valence-electron chi connectivity index (χ4n) is 3.71. The van der Waals surface area contributed by atoms with Gasteiger partial charge in [0, 0.05) is 30.6 Å². The first-order chi connectivity index (χ1) is 10.4. The monoisotopic (exact) mass is 313 g/mol. The molecule has 2 heterocycles. The summed E-state index contributed by atoms with van der Waals surface area (Å²) in [6.07, 6.45) is 4.99. The molecule has 1 aromatic heterocycles. The van der Waals surface area contributed by atoms with Crippen molar-refractivity contribution in [1.29, 1.82) is 0 Å². The van der Waals surface area contributed by atoms with E-state index in [1.807, 2.05) is 0 Å². The van der Waals surface area contributed by atoms with E-state index < -0.39 is 5.92 Å². The van der Waals surface area contributed by atoms with Crippen LogP contribution in [0.3, 0.4) is 0 Å². The van der Waals surface area contributed by atoms with E-state index in [2.05, 4.69) is 10.4 Å². The highest BCUT2D eigenvalue weighted by atomic mass is 19.3. The number of carbonyl (C=O) groups excluding carboxylic acids is 1. The standard InChI is InChI=1S/C15H21F2N3O2/c1-2-22-13(21)8-20-7-11(6-19-20)12-5-14(3-4-18-12)9-15(16,17)10-14/h6-7,12,18H,2-5,8-10H2,1H3. The second-order valence-corrected chi connectivity index (χ2v) is 6.45. The second-order valence-electron chi connectivity index (χ2n) is 6.45. The molecular formula is C15H21F2N3O2. The first kappa shape index (κ1) is 15.4. The van der Waals surface area contributed by atoms with Crippen molar-refractivity contribution in [3.05, 3.63) is 18.0 Å². The minimum absolute atomic E-state index is 0.00482. The van der Waals surface area contributed by atoms with Crippen molar-refractivity contribution in [3.63, 3.8) is 0 Å². The molecule has 1 aliphatic carbocycles. The number of halogens is 2. The fourth-order valence-corrected chi connectivity index (χ4v) is 3.71. The smallest absolute Gasteiger partial charge is 0.327 e. The molecule has 3 rings (SSSR count). The third-order valence-corrected chi connectivity index (χ3v) is 4.60. The maximum absolute atomic E-state index is 13.2. The van der Waals surface area contributed by atoms with Crippen LogP contribution < -0.4 is 5.32 Å². The van der Waals surface area contributed by atoms with Gasteiger partial charge < -0.3 is 10.1 Å². The Morgan fingerprint density at radius 3 is 3.00 bits per heavy atom. The van der Waals surface area contributed by atoms with Crippen LogP contribution in [0, 0.1) is 5.41 Å². The lowest BCUT2D eigenvalue weighted by atomic mass is 9.59. The molecule has 1 unspecified atom stereocenters. The number of nitrogens with zero attached hydrogens (tertiary/aromatic N) is 2. The van der Waals surface area contributed by atoms with E-state index in [0.717, 1.165) is 18.5 Å². The van der Waals surface area contributed by atoms with Gasteiger partial charge in [-0.25, -0.2) is 8.78 Å². The van der Waals surface area contributed by atoms with Gasteiger partial charge in [-0.15, -0.1) is 0 Å². The number of aromatic nitrogens is 2. The number of hydrogen-bond acceptors (Lipinski definition) is 4. The Morgan fingerprint density at radius 1 is 1.55 bits per heavy atom. The summed E-state index contributed by atoms with van der Waals surface area (Å²) in [6, 6.07) is 0.0285. The van der Waals surface area contributed by atoms with Crippen molar-refractivity contribution in [1.82, 2.24) is 15.1 Å². The third kappa shape index (κ3) is 3.14. The molecule has 0 radical (unpaired) electrons. The van der Waals surface area contributed by atoms with Gasteiger partial charge in [0.25, 0.3) is 0 Å². The molecular weight excluding hydrogens is 292 g/mol. The molecule has 7 heteroatoms. The van der Waals surface area contributed by atoms with Crippen LogP contribution in [-0.2, 0) is 16.1 Å². The summed E-state index contributed by atoms with van der Waals surface area (Å²) in [5, 5.41) is 7.53. The highest BCUT2D eigenvalue weighted by molar-refractivity contribution is 5.68. The van der Waals surface area contributed by atoms with Gasteiger partial charge in [0.05, 0.1) is 12.8 Å². The molecule has 122 valence electrons. The van der Waals surface area contributed by atoms with E-state index in [4.69, 9.17) is 4.74 Å². The normalized spacial score (nSPS) is 25.7. The highest BCUT2D eigenvalue weighted by Gasteiger charge is 2.57. The second kappa shape index (κ2) is 5.61. The quantitative estimate of drug-likeness (QED) is 0.867. The van der Waals surface area contributed by atoms with Crippen LogP contribution in [-0.4, -0.2) is 34.8 Å². The van der Waals surface area contributed by atoms with Crippen LogP contribution in [0.25, 0.3) is 0 Å². The molecule has 0 bridgehead atoms. The number of nitrogens with one attached hydrogen (secondary N) is 1. The molecule has 1 saturated heterocycles. The summed E-state index contributed by atoms with van der Waals surface area (Å²) in [5.41, 5.74) is 0.710. The zero-order chi connectivity index (χ0) is 15.8. The molecule has 5 nitrogen and oxygen atoms in total. The zero-order valence-corrected chi connectivity index (χ0v) is 12.6. The SMILES string of the molecule is CCOC(=O)Cn1cc(C2CC3(CCN2)CC(F)(F)C3)cn1. The van der Waals surface area contributed by atoms with E-state index >= 15 is 0 Å². The molecule has 0 amide bonds. The van der Waals surface area contributed by atoms with Gasteiger partial charge in [0.1, 0.15) is 6.54 Å². The maximum Gasteiger partial charge on any atom is 0.327 e. The maximum atomic E-state index is 13.2. The molecule has 22 heavy (non-hydrogen) atoms. The van der Waals surface area contributed by atoms with E-state index in [1.54, 1.807) is 19.3 Å². The molecule has 0 aromatic carbocycles. The third-order valence-electron chi connectivity index (χ3n) is 4.60. The minimum atomic E-state index is -2.49. The summed E-state index contributed by atoms with van der Waals surface area (Å²) in [6.45, 7) is 2.91. The summed E-state index contributed by atoms with van der Waals surface area (Å²) < 4.78 is 32.9. The van der Waals surface area contributed by atoms with Gasteiger partial charge in [-0.3, -0.25) is 9.48 Å². The van der Waals surface area contributed by atoms with E-state index in [0.29, 0.717) is 13.0 Å². The Balaban J connectivity index is 1.62. The molecule has 2 fully saturated rings. The molecule has 1 N–H and O–H groups in total. The topological polar surface area (TPSA) is 56.1 Å². The van der Waals surface area contributed by atoms with Crippen molar-refractivity contribution >= 4 is 5.97 Å². The van der Waals surface area contributed by atoms with Crippen LogP contribution in [0.5, 0.6) is 0 Å². The molecule has 1 atom stereocenters. The molecule has 1 aromatic rings. The van der Waals surface area contributed by atoms with E-state index in [1.165, 1.54) is 4.68 Å². The Kier molecular flexibility index (Phi) is 3.92. The van der Waals surface area contributed by atoms with Crippen molar-refractivity contribution in [2.75, 3.05) is 13.2 Å². The van der Waals surface area contributed by atoms with Gasteiger partial charge in [0.15, 0.2) is 0 Å². The average molecular weight is 313 g/mol. The Morgan fingerprint density at radius 2 is 2.32 bits per heavy atom. The van der Waals surface area contributed by atoms with Crippen molar-refractivity contribution < 1.29 is 18.3 Å². The van der Waals surface area contributed by atoms with Crippen molar-refractivity contribution in [3.8, 4) is 0 Å². The van der Waals surface area contributed by atoms with Gasteiger partial charge in [-0.05, 0) is 31.7 Å². The van der Waals surface area contributed by atoms with Crippen LogP contribution in [0.1, 0.15) is 44.2 Å². The van der Waals surface area contributed by atoms with E-state index in [-0.39, 0.29) is 36.8 Å². The van der Waals surface area contributed by atoms with Crippen molar-refractivity contribution in [2.24, 2.45) is 5.41 Å². The summed E-state index contributed by atoms with van der Waals surface area (Å²) in [4.78, 5) is 11.4. The summed E-state index contributed by atoms with van der Waals surface area (Å²) >= 11 is 0. The number of esters is 1. The predicted octanol–water partition coefficient (Wildman–Crippen LogP) is 2.29. The molecule has 1 aliphatic heterocycles. The lowest BCUT2D eigenvalue weighted by molar-refractivity contribution is -0.174. The number of carbonyl (C=O) groups is 1.